The number of carbonyl (C=O) groups is 1. The van der Waals surface area contributed by atoms with Crippen molar-refractivity contribution in [2.24, 2.45) is 0 Å². The molecule has 2 amide bonds. The molecule has 0 unspecified atom stereocenters. The zero-order valence-corrected chi connectivity index (χ0v) is 15.9. The molecule has 1 fully saturated rings. The number of carbonyl (C=O) groups excluding carboxylic acids is 1. The van der Waals surface area contributed by atoms with Crippen LogP contribution in [0.3, 0.4) is 0 Å². The number of benzene rings is 1. The molecule has 1 saturated heterocycles. The van der Waals surface area contributed by atoms with E-state index in [2.05, 4.69) is 37.7 Å². The molecule has 0 spiro atoms. The van der Waals surface area contributed by atoms with E-state index >= 15 is 0 Å². The standard InChI is InChI=1S/C19H23N5OS/c1-13-14(2)18-17(20-12-21-18)10-16(13)22-19(25)24-7-5-23(6-8-24)11-15-4-3-9-26-15/h3-4,9-10,12H,5-8,11H2,1-2H3,(H,20,21)(H,22,25). The largest absolute Gasteiger partial charge is 0.345 e. The van der Waals surface area contributed by atoms with Gasteiger partial charge in [-0.2, -0.15) is 0 Å². The summed E-state index contributed by atoms with van der Waals surface area (Å²) < 4.78 is 0. The number of nitrogens with one attached hydrogen (secondary N) is 2. The summed E-state index contributed by atoms with van der Waals surface area (Å²) in [7, 11) is 0. The van der Waals surface area contributed by atoms with E-state index in [4.69, 9.17) is 0 Å². The summed E-state index contributed by atoms with van der Waals surface area (Å²) in [5, 5.41) is 5.20. The van der Waals surface area contributed by atoms with Crippen molar-refractivity contribution >= 4 is 34.1 Å². The normalized spacial score (nSPS) is 15.5. The van der Waals surface area contributed by atoms with E-state index in [1.165, 1.54) is 4.88 Å². The molecule has 0 saturated carbocycles. The number of hydrogen-bond donors (Lipinski definition) is 2. The molecule has 1 aliphatic rings. The SMILES string of the molecule is Cc1c(NC(=O)N2CCN(Cc3cccs3)CC2)cc2[nH]cnc2c1C. The lowest BCUT2D eigenvalue weighted by atomic mass is 10.1. The quantitative estimate of drug-likeness (QED) is 0.741. The van der Waals surface area contributed by atoms with Crippen molar-refractivity contribution < 1.29 is 4.79 Å². The minimum Gasteiger partial charge on any atom is -0.345 e. The third-order valence-electron chi connectivity index (χ3n) is 5.14. The zero-order chi connectivity index (χ0) is 18.1. The Hall–Kier alpha value is -2.38. The molecule has 1 aromatic carbocycles. The van der Waals surface area contributed by atoms with Gasteiger partial charge in [-0.15, -0.1) is 11.3 Å². The van der Waals surface area contributed by atoms with Gasteiger partial charge < -0.3 is 15.2 Å². The molecular weight excluding hydrogens is 346 g/mol. The number of hydrogen-bond acceptors (Lipinski definition) is 4. The van der Waals surface area contributed by atoms with Crippen LogP contribution in [0.4, 0.5) is 10.5 Å². The van der Waals surface area contributed by atoms with Crippen LogP contribution in [0.5, 0.6) is 0 Å². The maximum absolute atomic E-state index is 12.7. The molecule has 4 rings (SSSR count). The van der Waals surface area contributed by atoms with Crippen molar-refractivity contribution in [2.45, 2.75) is 20.4 Å². The van der Waals surface area contributed by atoms with Gasteiger partial charge in [0.1, 0.15) is 0 Å². The van der Waals surface area contributed by atoms with Gasteiger partial charge in [0.25, 0.3) is 0 Å². The molecule has 0 atom stereocenters. The van der Waals surface area contributed by atoms with Gasteiger partial charge >= 0.3 is 6.03 Å². The van der Waals surface area contributed by atoms with Crippen LogP contribution in [0.1, 0.15) is 16.0 Å². The number of aryl methyl sites for hydroxylation is 1. The average molecular weight is 369 g/mol. The van der Waals surface area contributed by atoms with Crippen molar-refractivity contribution in [3.05, 3.63) is 45.9 Å². The number of amides is 2. The minimum atomic E-state index is -0.0258. The molecule has 0 aliphatic carbocycles. The molecule has 3 aromatic rings. The molecular formula is C19H23N5OS. The van der Waals surface area contributed by atoms with Crippen LogP contribution in [0.25, 0.3) is 11.0 Å². The highest BCUT2D eigenvalue weighted by molar-refractivity contribution is 7.09. The van der Waals surface area contributed by atoms with Gasteiger partial charge in [0.2, 0.25) is 0 Å². The third-order valence-corrected chi connectivity index (χ3v) is 6.00. The fourth-order valence-corrected chi connectivity index (χ4v) is 4.15. The topological polar surface area (TPSA) is 64.3 Å². The first-order valence-corrected chi connectivity index (χ1v) is 9.74. The van der Waals surface area contributed by atoms with Gasteiger partial charge in [0, 0.05) is 43.3 Å². The van der Waals surface area contributed by atoms with Gasteiger partial charge in [0.05, 0.1) is 17.4 Å². The monoisotopic (exact) mass is 369 g/mol. The van der Waals surface area contributed by atoms with E-state index in [1.807, 2.05) is 24.8 Å². The van der Waals surface area contributed by atoms with E-state index in [0.717, 1.165) is 60.6 Å². The number of aromatic nitrogens is 2. The highest BCUT2D eigenvalue weighted by atomic mass is 32.1. The van der Waals surface area contributed by atoms with E-state index in [1.54, 1.807) is 17.7 Å². The van der Waals surface area contributed by atoms with Crippen LogP contribution in [0.2, 0.25) is 0 Å². The predicted octanol–water partition coefficient (Wildman–Crippen LogP) is 3.59. The molecule has 2 N–H and O–H groups in total. The lowest BCUT2D eigenvalue weighted by Gasteiger charge is -2.34. The molecule has 0 radical (unpaired) electrons. The highest BCUT2D eigenvalue weighted by Crippen LogP contribution is 2.26. The van der Waals surface area contributed by atoms with Crippen LogP contribution >= 0.6 is 11.3 Å². The summed E-state index contributed by atoms with van der Waals surface area (Å²) in [5.41, 5.74) is 4.92. The Morgan fingerprint density at radius 2 is 2.08 bits per heavy atom. The summed E-state index contributed by atoms with van der Waals surface area (Å²) in [6.45, 7) is 8.35. The smallest absolute Gasteiger partial charge is 0.321 e. The summed E-state index contributed by atoms with van der Waals surface area (Å²) in [5.74, 6) is 0. The number of H-pyrrole nitrogens is 1. The Labute approximate surface area is 156 Å². The molecule has 6 nitrogen and oxygen atoms in total. The molecule has 0 bridgehead atoms. The van der Waals surface area contributed by atoms with Crippen LogP contribution < -0.4 is 5.32 Å². The van der Waals surface area contributed by atoms with Gasteiger partial charge in [-0.05, 0) is 42.5 Å². The van der Waals surface area contributed by atoms with E-state index < -0.39 is 0 Å². The minimum absolute atomic E-state index is 0.0258. The first-order chi connectivity index (χ1) is 12.6. The first-order valence-electron chi connectivity index (χ1n) is 8.86. The van der Waals surface area contributed by atoms with Gasteiger partial charge in [0.15, 0.2) is 0 Å². The lowest BCUT2D eigenvalue weighted by Crippen LogP contribution is -2.49. The van der Waals surface area contributed by atoms with Crippen LogP contribution in [0, 0.1) is 13.8 Å². The Kier molecular flexibility index (Phi) is 4.65. The van der Waals surface area contributed by atoms with Gasteiger partial charge in [-0.25, -0.2) is 9.78 Å². The van der Waals surface area contributed by atoms with Gasteiger partial charge in [-0.1, -0.05) is 6.07 Å². The van der Waals surface area contributed by atoms with Crippen molar-refractivity contribution in [3.8, 4) is 0 Å². The molecule has 1 aliphatic heterocycles. The van der Waals surface area contributed by atoms with Crippen molar-refractivity contribution in [1.29, 1.82) is 0 Å². The fourth-order valence-electron chi connectivity index (χ4n) is 3.40. The van der Waals surface area contributed by atoms with Crippen LogP contribution in [0.15, 0.2) is 29.9 Å². The second kappa shape index (κ2) is 7.09. The molecule has 7 heteroatoms. The summed E-state index contributed by atoms with van der Waals surface area (Å²) >= 11 is 1.79. The number of thiophene rings is 1. The number of anilines is 1. The highest BCUT2D eigenvalue weighted by Gasteiger charge is 2.22. The van der Waals surface area contributed by atoms with Crippen LogP contribution in [-0.2, 0) is 6.54 Å². The maximum atomic E-state index is 12.7. The lowest BCUT2D eigenvalue weighted by molar-refractivity contribution is 0.143. The summed E-state index contributed by atoms with van der Waals surface area (Å²) in [6.07, 6.45) is 1.69. The summed E-state index contributed by atoms with van der Waals surface area (Å²) in [4.78, 5) is 25.9. The predicted molar refractivity (Wildman–Crippen MR) is 106 cm³/mol. The number of imidazole rings is 1. The van der Waals surface area contributed by atoms with E-state index in [0.29, 0.717) is 0 Å². The van der Waals surface area contributed by atoms with E-state index in [-0.39, 0.29) is 6.03 Å². The Morgan fingerprint density at radius 3 is 2.81 bits per heavy atom. The number of fused-ring (bicyclic) bond motifs is 1. The fraction of sp³-hybridized carbons (Fsp3) is 0.368. The van der Waals surface area contributed by atoms with E-state index in [9.17, 15) is 4.79 Å². The average Bonchev–Trinajstić information content (AvgIpc) is 3.32. The molecule has 2 aromatic heterocycles. The first kappa shape index (κ1) is 17.1. The molecule has 26 heavy (non-hydrogen) atoms. The van der Waals surface area contributed by atoms with Gasteiger partial charge in [-0.3, -0.25) is 4.90 Å². The Bertz CT molecular complexity index is 910. The number of urea groups is 1. The second-order valence-electron chi connectivity index (χ2n) is 6.75. The Balaban J connectivity index is 1.39. The number of piperazine rings is 1. The second-order valence-corrected chi connectivity index (χ2v) is 7.78. The van der Waals surface area contributed by atoms with Crippen molar-refractivity contribution in [2.75, 3.05) is 31.5 Å². The summed E-state index contributed by atoms with van der Waals surface area (Å²) in [6, 6.07) is 6.20. The molecule has 136 valence electrons. The number of aromatic amines is 1. The zero-order valence-electron chi connectivity index (χ0n) is 15.1. The van der Waals surface area contributed by atoms with Crippen molar-refractivity contribution in [1.82, 2.24) is 19.8 Å². The third kappa shape index (κ3) is 3.32. The number of nitrogens with zero attached hydrogens (tertiary/aromatic N) is 3. The molecule has 3 heterocycles. The maximum Gasteiger partial charge on any atom is 0.321 e. The van der Waals surface area contributed by atoms with Crippen molar-refractivity contribution in [3.63, 3.8) is 0 Å². The van der Waals surface area contributed by atoms with Crippen LogP contribution in [-0.4, -0.2) is 52.0 Å². The Morgan fingerprint density at radius 1 is 1.27 bits per heavy atom. The number of rotatable bonds is 3.